The van der Waals surface area contributed by atoms with Crippen LogP contribution in [0.2, 0.25) is 0 Å². The molecule has 3 heteroatoms. The minimum absolute atomic E-state index is 0.0915. The van der Waals surface area contributed by atoms with Gasteiger partial charge in [-0.2, -0.15) is 0 Å². The SMILES string of the molecule is C/C=C\C/C(=C\C)[C@@H]1C=C(c2cc(F)ccc2F)CN1.CC.CC. The number of allylic oxidation sites excluding steroid dienone is 3. The van der Waals surface area contributed by atoms with Gasteiger partial charge in [0.15, 0.2) is 0 Å². The normalized spacial score (nSPS) is 16.9. The van der Waals surface area contributed by atoms with Gasteiger partial charge in [-0.15, -0.1) is 0 Å². The first-order valence-electron chi connectivity index (χ1n) is 8.81. The molecule has 0 bridgehead atoms. The smallest absolute Gasteiger partial charge is 0.130 e. The maximum absolute atomic E-state index is 13.8. The lowest BCUT2D eigenvalue weighted by molar-refractivity contribution is 0.596. The van der Waals surface area contributed by atoms with E-state index in [1.54, 1.807) is 0 Å². The molecule has 0 aromatic heterocycles. The zero-order chi connectivity index (χ0) is 18.5. The zero-order valence-corrected chi connectivity index (χ0v) is 15.8. The highest BCUT2D eigenvalue weighted by atomic mass is 19.1. The van der Waals surface area contributed by atoms with Gasteiger partial charge in [0.2, 0.25) is 0 Å². The molecule has 134 valence electrons. The molecular formula is C21H31F2N. The average Bonchev–Trinajstić information content (AvgIpc) is 3.11. The van der Waals surface area contributed by atoms with Crippen LogP contribution in [-0.4, -0.2) is 12.6 Å². The summed E-state index contributed by atoms with van der Waals surface area (Å²) in [6.07, 6.45) is 9.01. The van der Waals surface area contributed by atoms with Crippen LogP contribution in [0, 0.1) is 11.6 Å². The predicted molar refractivity (Wildman–Crippen MR) is 102 cm³/mol. The van der Waals surface area contributed by atoms with Crippen LogP contribution in [0.1, 0.15) is 53.5 Å². The Hall–Kier alpha value is -1.74. The van der Waals surface area contributed by atoms with Gasteiger partial charge in [-0.05, 0) is 49.6 Å². The molecular weight excluding hydrogens is 304 g/mol. The molecule has 0 saturated heterocycles. The van der Waals surface area contributed by atoms with Gasteiger partial charge in [0.25, 0.3) is 0 Å². The van der Waals surface area contributed by atoms with Crippen molar-refractivity contribution < 1.29 is 8.78 Å². The summed E-state index contributed by atoms with van der Waals surface area (Å²) in [4.78, 5) is 0. The number of hydrogen-bond acceptors (Lipinski definition) is 1. The number of benzene rings is 1. The molecule has 2 rings (SSSR count). The monoisotopic (exact) mass is 335 g/mol. The van der Waals surface area contributed by atoms with E-state index in [1.165, 1.54) is 17.7 Å². The highest BCUT2D eigenvalue weighted by Crippen LogP contribution is 2.25. The second kappa shape index (κ2) is 12.7. The lowest BCUT2D eigenvalue weighted by Gasteiger charge is -2.11. The molecule has 0 fully saturated rings. The fraction of sp³-hybridized carbons (Fsp3) is 0.429. The summed E-state index contributed by atoms with van der Waals surface area (Å²) in [7, 11) is 0. The van der Waals surface area contributed by atoms with E-state index >= 15 is 0 Å². The van der Waals surface area contributed by atoms with Crippen LogP contribution in [0.15, 0.2) is 48.1 Å². The van der Waals surface area contributed by atoms with E-state index < -0.39 is 5.82 Å². The summed E-state index contributed by atoms with van der Waals surface area (Å²) in [6.45, 7) is 12.5. The van der Waals surface area contributed by atoms with Crippen molar-refractivity contribution in [3.05, 3.63) is 65.3 Å². The van der Waals surface area contributed by atoms with Crippen molar-refractivity contribution in [1.82, 2.24) is 5.32 Å². The van der Waals surface area contributed by atoms with Gasteiger partial charge < -0.3 is 5.32 Å². The van der Waals surface area contributed by atoms with E-state index in [0.717, 1.165) is 18.1 Å². The van der Waals surface area contributed by atoms with Crippen LogP contribution in [0.3, 0.4) is 0 Å². The Morgan fingerprint density at radius 2 is 1.83 bits per heavy atom. The maximum Gasteiger partial charge on any atom is 0.130 e. The largest absolute Gasteiger partial charge is 0.303 e. The zero-order valence-electron chi connectivity index (χ0n) is 15.8. The molecule has 1 aliphatic rings. The van der Waals surface area contributed by atoms with Crippen molar-refractivity contribution in [2.24, 2.45) is 0 Å². The van der Waals surface area contributed by atoms with Crippen molar-refractivity contribution in [2.45, 2.75) is 54.0 Å². The quantitative estimate of drug-likeness (QED) is 0.638. The Balaban J connectivity index is 0.00000123. The minimum atomic E-state index is -0.411. The Labute approximate surface area is 146 Å². The second-order valence-corrected chi connectivity index (χ2v) is 4.81. The number of hydrogen-bond donors (Lipinski definition) is 1. The van der Waals surface area contributed by atoms with E-state index in [0.29, 0.717) is 12.1 Å². The van der Waals surface area contributed by atoms with Crippen LogP contribution in [0.25, 0.3) is 5.57 Å². The Morgan fingerprint density at radius 3 is 2.42 bits per heavy atom. The fourth-order valence-corrected chi connectivity index (χ4v) is 2.38. The first-order chi connectivity index (χ1) is 11.7. The molecule has 1 nitrogen and oxygen atoms in total. The average molecular weight is 335 g/mol. The molecule has 1 heterocycles. The van der Waals surface area contributed by atoms with Crippen molar-refractivity contribution in [2.75, 3.05) is 6.54 Å². The summed E-state index contributed by atoms with van der Waals surface area (Å²) in [6, 6.07) is 3.67. The van der Waals surface area contributed by atoms with Crippen LogP contribution in [0.4, 0.5) is 8.78 Å². The third-order valence-electron chi connectivity index (χ3n) is 3.51. The van der Waals surface area contributed by atoms with Gasteiger partial charge in [-0.3, -0.25) is 0 Å². The van der Waals surface area contributed by atoms with Crippen molar-refractivity contribution in [1.29, 1.82) is 0 Å². The molecule has 1 aliphatic heterocycles. The molecule has 0 unspecified atom stereocenters. The first kappa shape index (κ1) is 22.3. The van der Waals surface area contributed by atoms with Gasteiger partial charge >= 0.3 is 0 Å². The van der Waals surface area contributed by atoms with E-state index in [9.17, 15) is 8.78 Å². The lowest BCUT2D eigenvalue weighted by Crippen LogP contribution is -2.24. The van der Waals surface area contributed by atoms with Crippen molar-refractivity contribution in [3.8, 4) is 0 Å². The molecule has 0 saturated carbocycles. The first-order valence-corrected chi connectivity index (χ1v) is 8.81. The van der Waals surface area contributed by atoms with Crippen molar-refractivity contribution in [3.63, 3.8) is 0 Å². The topological polar surface area (TPSA) is 12.0 Å². The predicted octanol–water partition coefficient (Wildman–Crippen LogP) is 6.28. The molecule has 24 heavy (non-hydrogen) atoms. The minimum Gasteiger partial charge on any atom is -0.303 e. The molecule has 1 atom stereocenters. The van der Waals surface area contributed by atoms with Crippen LogP contribution in [0.5, 0.6) is 0 Å². The summed E-state index contributed by atoms with van der Waals surface area (Å²) in [5.41, 5.74) is 2.39. The third kappa shape index (κ3) is 6.40. The van der Waals surface area contributed by atoms with Crippen LogP contribution in [-0.2, 0) is 0 Å². The maximum atomic E-state index is 13.8. The fourth-order valence-electron chi connectivity index (χ4n) is 2.38. The molecule has 0 aliphatic carbocycles. The molecule has 1 N–H and O–H groups in total. The van der Waals surface area contributed by atoms with E-state index in [2.05, 4.69) is 17.5 Å². The molecule has 1 aromatic carbocycles. The molecule has 0 radical (unpaired) electrons. The lowest BCUT2D eigenvalue weighted by atomic mass is 10.0. The summed E-state index contributed by atoms with van der Waals surface area (Å²) < 4.78 is 27.0. The molecule has 1 aromatic rings. The second-order valence-electron chi connectivity index (χ2n) is 4.81. The standard InChI is InChI=1S/C17H19F2N.2C2H6/c1-3-5-6-12(4-2)17-9-13(11-20-17)15-10-14(18)7-8-16(15)19;2*1-2/h3-5,7-10,17,20H,6,11H2,1-2H3;2*1-2H3/b5-3-,12-4+;;/t17-;;/m0../s1. The summed E-state index contributed by atoms with van der Waals surface area (Å²) in [5.74, 6) is -0.790. The highest BCUT2D eigenvalue weighted by Gasteiger charge is 2.20. The van der Waals surface area contributed by atoms with Crippen LogP contribution < -0.4 is 5.32 Å². The summed E-state index contributed by atoms with van der Waals surface area (Å²) >= 11 is 0. The number of halogens is 2. The summed E-state index contributed by atoms with van der Waals surface area (Å²) in [5, 5.41) is 3.33. The Bertz CT molecular complexity index is 571. The highest BCUT2D eigenvalue weighted by molar-refractivity contribution is 5.71. The third-order valence-corrected chi connectivity index (χ3v) is 3.51. The Kier molecular flexibility index (Phi) is 11.7. The van der Waals surface area contributed by atoms with Gasteiger partial charge in [-0.1, -0.05) is 52.0 Å². The van der Waals surface area contributed by atoms with Crippen molar-refractivity contribution >= 4 is 5.57 Å². The van der Waals surface area contributed by atoms with E-state index in [1.807, 2.05) is 53.7 Å². The Morgan fingerprint density at radius 1 is 1.17 bits per heavy atom. The van der Waals surface area contributed by atoms with E-state index in [-0.39, 0.29) is 11.9 Å². The number of nitrogens with one attached hydrogen (secondary N) is 1. The van der Waals surface area contributed by atoms with Gasteiger partial charge in [-0.25, -0.2) is 8.78 Å². The van der Waals surface area contributed by atoms with Crippen LogP contribution >= 0.6 is 0 Å². The van der Waals surface area contributed by atoms with Gasteiger partial charge in [0, 0.05) is 18.2 Å². The van der Waals surface area contributed by atoms with E-state index in [4.69, 9.17) is 0 Å². The van der Waals surface area contributed by atoms with Gasteiger partial charge in [0.05, 0.1) is 0 Å². The number of rotatable bonds is 4. The van der Waals surface area contributed by atoms with Gasteiger partial charge in [0.1, 0.15) is 11.6 Å². The molecule has 0 spiro atoms. The molecule has 0 amide bonds.